The Morgan fingerprint density at radius 3 is 2.67 bits per heavy atom. The number of methoxy groups -OCH3 is 1. The van der Waals surface area contributed by atoms with Gasteiger partial charge in [0.25, 0.3) is 0 Å². The molecule has 112 valence electrons. The van der Waals surface area contributed by atoms with Crippen LogP contribution in [0.5, 0.6) is 5.75 Å². The van der Waals surface area contributed by atoms with E-state index in [1.165, 1.54) is 0 Å². The van der Waals surface area contributed by atoms with Crippen LogP contribution >= 0.6 is 27.7 Å². The van der Waals surface area contributed by atoms with Crippen LogP contribution in [-0.2, 0) is 0 Å². The van der Waals surface area contributed by atoms with Crippen molar-refractivity contribution in [2.24, 2.45) is 0 Å². The van der Waals surface area contributed by atoms with Gasteiger partial charge in [-0.1, -0.05) is 30.0 Å². The third-order valence-corrected chi connectivity index (χ3v) is 5.00. The van der Waals surface area contributed by atoms with Crippen LogP contribution in [0, 0.1) is 0 Å². The zero-order valence-corrected chi connectivity index (χ0v) is 14.0. The molecule has 4 N–H and O–H groups in total. The lowest BCUT2D eigenvalue weighted by molar-refractivity contribution is 0.311. The van der Waals surface area contributed by atoms with E-state index >= 15 is 0 Å². The van der Waals surface area contributed by atoms with Crippen LogP contribution < -0.4 is 15.8 Å². The molecule has 0 heterocycles. The minimum absolute atomic E-state index is 0.0285. The van der Waals surface area contributed by atoms with Gasteiger partial charge in [0.2, 0.25) is 0 Å². The average Bonchev–Trinajstić information content (AvgIpc) is 2.52. The van der Waals surface area contributed by atoms with E-state index < -0.39 is 0 Å². The van der Waals surface area contributed by atoms with E-state index in [1.807, 2.05) is 36.4 Å². The zero-order chi connectivity index (χ0) is 15.2. The fourth-order valence-corrected chi connectivity index (χ4v) is 3.31. The Bertz CT molecular complexity index is 608. The summed E-state index contributed by atoms with van der Waals surface area (Å²) in [6.45, 7) is 0.443. The van der Waals surface area contributed by atoms with Gasteiger partial charge in [-0.05, 0) is 34.1 Å². The second kappa shape index (κ2) is 7.59. The number of nitrogen functional groups attached to an aromatic ring is 1. The number of anilines is 2. The molecule has 2 aromatic carbocycles. The van der Waals surface area contributed by atoms with Gasteiger partial charge in [-0.3, -0.25) is 0 Å². The van der Waals surface area contributed by atoms with Crippen molar-refractivity contribution in [3.8, 4) is 5.75 Å². The number of nitrogens with two attached hydrogens (primary N) is 1. The minimum Gasteiger partial charge on any atom is -0.494 e. The fraction of sp³-hybridized carbons (Fsp3) is 0.200. The maximum atomic E-state index is 8.94. The molecule has 0 radical (unpaired) electrons. The van der Waals surface area contributed by atoms with Crippen molar-refractivity contribution in [3.63, 3.8) is 0 Å². The molecule has 0 aliphatic rings. The van der Waals surface area contributed by atoms with Gasteiger partial charge in [0, 0.05) is 16.3 Å². The number of benzene rings is 2. The molecule has 0 unspecified atom stereocenters. The molecule has 21 heavy (non-hydrogen) atoms. The lowest BCUT2D eigenvalue weighted by Gasteiger charge is -2.17. The van der Waals surface area contributed by atoms with E-state index in [1.54, 1.807) is 18.9 Å². The van der Waals surface area contributed by atoms with E-state index in [9.17, 15) is 0 Å². The maximum Gasteiger partial charge on any atom is 0.145 e. The molecule has 2 aromatic rings. The minimum atomic E-state index is 0.0285. The third kappa shape index (κ3) is 3.84. The summed E-state index contributed by atoms with van der Waals surface area (Å²) in [4.78, 5) is 2.10. The quantitative estimate of drug-likeness (QED) is 0.679. The number of nitrogens with one attached hydrogen (secondary N) is 1. The van der Waals surface area contributed by atoms with Crippen LogP contribution in [0.25, 0.3) is 0 Å². The number of aliphatic hydroxyl groups excluding tert-OH is 1. The van der Waals surface area contributed by atoms with Gasteiger partial charge in [0.05, 0.1) is 23.9 Å². The molecule has 0 bridgehead atoms. The van der Waals surface area contributed by atoms with E-state index in [0.717, 1.165) is 14.3 Å². The maximum absolute atomic E-state index is 8.94. The van der Waals surface area contributed by atoms with Crippen molar-refractivity contribution in [3.05, 3.63) is 40.9 Å². The highest BCUT2D eigenvalue weighted by atomic mass is 79.9. The molecular formula is C15H17BrN2O2S. The van der Waals surface area contributed by atoms with Crippen molar-refractivity contribution >= 4 is 39.1 Å². The SMILES string of the molecule is COc1cc(Sc2ccccc2)c(Br)c(N)c1NCCO. The number of hydrogen-bond donors (Lipinski definition) is 3. The summed E-state index contributed by atoms with van der Waals surface area (Å²) < 4.78 is 6.22. The van der Waals surface area contributed by atoms with Crippen molar-refractivity contribution < 1.29 is 9.84 Å². The van der Waals surface area contributed by atoms with Crippen LogP contribution in [0.2, 0.25) is 0 Å². The highest BCUT2D eigenvalue weighted by Crippen LogP contribution is 2.44. The van der Waals surface area contributed by atoms with Gasteiger partial charge in [-0.15, -0.1) is 0 Å². The molecule has 0 atom stereocenters. The summed E-state index contributed by atoms with van der Waals surface area (Å²) in [5, 5.41) is 12.0. The topological polar surface area (TPSA) is 67.5 Å². The summed E-state index contributed by atoms with van der Waals surface area (Å²) in [5.74, 6) is 0.655. The van der Waals surface area contributed by atoms with Crippen molar-refractivity contribution in [2.45, 2.75) is 9.79 Å². The van der Waals surface area contributed by atoms with Crippen LogP contribution in [-0.4, -0.2) is 25.4 Å². The van der Waals surface area contributed by atoms with Gasteiger partial charge in [-0.2, -0.15) is 0 Å². The van der Waals surface area contributed by atoms with Crippen molar-refractivity contribution in [1.82, 2.24) is 0 Å². The predicted molar refractivity (Wildman–Crippen MR) is 91.2 cm³/mol. The first-order valence-corrected chi connectivity index (χ1v) is 8.02. The van der Waals surface area contributed by atoms with Crippen molar-refractivity contribution in [2.75, 3.05) is 31.3 Å². The van der Waals surface area contributed by atoms with Crippen molar-refractivity contribution in [1.29, 1.82) is 0 Å². The average molecular weight is 369 g/mol. The summed E-state index contributed by atoms with van der Waals surface area (Å²) in [5.41, 5.74) is 7.43. The van der Waals surface area contributed by atoms with E-state index in [0.29, 0.717) is 23.7 Å². The Hall–Kier alpha value is -1.37. The number of aliphatic hydroxyl groups is 1. The molecule has 0 saturated heterocycles. The number of ether oxygens (including phenoxy) is 1. The lowest BCUT2D eigenvalue weighted by Crippen LogP contribution is -2.09. The summed E-state index contributed by atoms with van der Waals surface area (Å²) in [6, 6.07) is 12.0. The standard InChI is InChI=1S/C15H17BrN2O2S/c1-20-11-9-12(21-10-5-3-2-4-6-10)13(16)14(17)15(11)18-7-8-19/h2-6,9,18-19H,7-8,17H2,1H3. The van der Waals surface area contributed by atoms with Crippen LogP contribution in [0.4, 0.5) is 11.4 Å². The second-order valence-corrected chi connectivity index (χ2v) is 6.15. The van der Waals surface area contributed by atoms with Crippen LogP contribution in [0.3, 0.4) is 0 Å². The van der Waals surface area contributed by atoms with E-state index in [-0.39, 0.29) is 6.61 Å². The Morgan fingerprint density at radius 2 is 2.05 bits per heavy atom. The normalized spacial score (nSPS) is 10.4. The molecule has 0 spiro atoms. The van der Waals surface area contributed by atoms with E-state index in [2.05, 4.69) is 21.2 Å². The lowest BCUT2D eigenvalue weighted by atomic mass is 10.2. The highest BCUT2D eigenvalue weighted by molar-refractivity contribution is 9.10. The van der Waals surface area contributed by atoms with Gasteiger partial charge < -0.3 is 20.9 Å². The highest BCUT2D eigenvalue weighted by Gasteiger charge is 2.15. The molecule has 0 saturated carbocycles. The Balaban J connectivity index is 2.37. The molecule has 4 nitrogen and oxygen atoms in total. The Kier molecular flexibility index (Phi) is 5.78. The first kappa shape index (κ1) is 16.0. The summed E-state index contributed by atoms with van der Waals surface area (Å²) in [7, 11) is 1.60. The molecule has 6 heteroatoms. The zero-order valence-electron chi connectivity index (χ0n) is 11.6. The van der Waals surface area contributed by atoms with Gasteiger partial charge in [0.1, 0.15) is 11.4 Å². The molecule has 0 amide bonds. The Morgan fingerprint density at radius 1 is 1.33 bits per heavy atom. The second-order valence-electron chi connectivity index (χ2n) is 4.25. The monoisotopic (exact) mass is 368 g/mol. The molecule has 2 rings (SSSR count). The first-order valence-electron chi connectivity index (χ1n) is 6.41. The van der Waals surface area contributed by atoms with Gasteiger partial charge in [-0.25, -0.2) is 0 Å². The van der Waals surface area contributed by atoms with E-state index in [4.69, 9.17) is 15.6 Å². The number of rotatable bonds is 6. The van der Waals surface area contributed by atoms with Crippen LogP contribution in [0.1, 0.15) is 0 Å². The predicted octanol–water partition coefficient (Wildman–Crippen LogP) is 3.60. The summed E-state index contributed by atoms with van der Waals surface area (Å²) >= 11 is 5.15. The van der Waals surface area contributed by atoms with Gasteiger partial charge >= 0.3 is 0 Å². The van der Waals surface area contributed by atoms with Crippen LogP contribution in [0.15, 0.2) is 50.7 Å². The molecule has 0 aromatic heterocycles. The largest absolute Gasteiger partial charge is 0.494 e. The number of hydrogen-bond acceptors (Lipinski definition) is 5. The van der Waals surface area contributed by atoms with Gasteiger partial charge in [0.15, 0.2) is 0 Å². The number of halogens is 1. The fourth-order valence-electron chi connectivity index (χ4n) is 1.84. The first-order chi connectivity index (χ1) is 10.2. The smallest absolute Gasteiger partial charge is 0.145 e. The molecular weight excluding hydrogens is 352 g/mol. The Labute approximate surface area is 136 Å². The molecule has 0 aliphatic carbocycles. The molecule has 0 fully saturated rings. The summed E-state index contributed by atoms with van der Waals surface area (Å²) in [6.07, 6.45) is 0. The molecule has 0 aliphatic heterocycles. The third-order valence-electron chi connectivity index (χ3n) is 2.84.